The van der Waals surface area contributed by atoms with E-state index in [1.54, 1.807) is 19.1 Å². The van der Waals surface area contributed by atoms with Gasteiger partial charge >= 0.3 is 0 Å². The third kappa shape index (κ3) is 7.37. The zero-order chi connectivity index (χ0) is 22.1. The summed E-state index contributed by atoms with van der Waals surface area (Å²) in [7, 11) is 0. The minimum absolute atomic E-state index is 0.113. The number of amides is 2. The molecule has 0 radical (unpaired) electrons. The first kappa shape index (κ1) is 22.8. The Morgan fingerprint density at radius 3 is 2.52 bits per heavy atom. The van der Waals surface area contributed by atoms with Gasteiger partial charge in [0.25, 0.3) is 0 Å². The fourth-order valence-electron chi connectivity index (χ4n) is 2.64. The first-order chi connectivity index (χ1) is 15.0. The van der Waals surface area contributed by atoms with E-state index in [4.69, 9.17) is 4.74 Å². The Bertz CT molecular complexity index is 994. The van der Waals surface area contributed by atoms with Crippen molar-refractivity contribution in [1.29, 1.82) is 0 Å². The van der Waals surface area contributed by atoms with Crippen molar-refractivity contribution in [3.63, 3.8) is 0 Å². The molecule has 0 aliphatic heterocycles. The molecule has 0 saturated heterocycles. The van der Waals surface area contributed by atoms with Gasteiger partial charge in [0.2, 0.25) is 16.9 Å². The van der Waals surface area contributed by atoms with Crippen LogP contribution in [-0.2, 0) is 16.0 Å². The fraction of sp³-hybridized carbons (Fsp3) is 0.273. The van der Waals surface area contributed by atoms with Gasteiger partial charge < -0.3 is 15.4 Å². The predicted molar refractivity (Wildman–Crippen MR) is 125 cm³/mol. The van der Waals surface area contributed by atoms with Gasteiger partial charge in [0, 0.05) is 12.1 Å². The molecule has 1 aromatic heterocycles. The molecule has 0 unspecified atom stereocenters. The van der Waals surface area contributed by atoms with Crippen LogP contribution in [-0.4, -0.2) is 33.9 Å². The number of anilines is 2. The number of benzene rings is 2. The van der Waals surface area contributed by atoms with Crippen LogP contribution < -0.4 is 15.4 Å². The van der Waals surface area contributed by atoms with E-state index in [-0.39, 0.29) is 17.1 Å². The summed E-state index contributed by atoms with van der Waals surface area (Å²) >= 11 is 2.55. The minimum Gasteiger partial charge on any atom is -0.494 e. The van der Waals surface area contributed by atoms with E-state index in [9.17, 15) is 9.59 Å². The Morgan fingerprint density at radius 1 is 1.06 bits per heavy atom. The van der Waals surface area contributed by atoms with Crippen LogP contribution in [0.1, 0.15) is 25.8 Å². The maximum Gasteiger partial charge on any atom is 0.237 e. The standard InChI is InChI=1S/C22H24N4O3S2/c1-3-29-18-12-10-17(11-13-18)23-20(28)15(2)30-22-26-25-21(31-22)24-19(27)14-9-16-7-5-4-6-8-16/h4-8,10-13,15H,3,9,14H2,1-2H3,(H,23,28)(H,24,25,27)/t15-/m1/s1. The molecule has 0 aliphatic rings. The molecule has 3 rings (SSSR count). The van der Waals surface area contributed by atoms with Crippen molar-refractivity contribution in [1.82, 2.24) is 10.2 Å². The summed E-state index contributed by atoms with van der Waals surface area (Å²) in [5.74, 6) is 0.505. The van der Waals surface area contributed by atoms with E-state index in [0.717, 1.165) is 11.3 Å². The molecule has 2 aromatic carbocycles. The van der Waals surface area contributed by atoms with Gasteiger partial charge in [-0.05, 0) is 50.1 Å². The van der Waals surface area contributed by atoms with Gasteiger partial charge in [0.05, 0.1) is 11.9 Å². The Balaban J connectivity index is 1.45. The molecule has 9 heteroatoms. The Morgan fingerprint density at radius 2 is 1.81 bits per heavy atom. The Labute approximate surface area is 189 Å². The number of thioether (sulfide) groups is 1. The monoisotopic (exact) mass is 456 g/mol. The number of rotatable bonds is 10. The lowest BCUT2D eigenvalue weighted by Gasteiger charge is -2.11. The first-order valence-corrected chi connectivity index (χ1v) is 11.6. The highest BCUT2D eigenvalue weighted by Crippen LogP contribution is 2.29. The largest absolute Gasteiger partial charge is 0.494 e. The molecule has 0 fully saturated rings. The third-order valence-corrected chi connectivity index (χ3v) is 6.24. The second-order valence-corrected chi connectivity index (χ2v) is 9.18. The number of carbonyl (C=O) groups is 2. The lowest BCUT2D eigenvalue weighted by molar-refractivity contribution is -0.116. The SMILES string of the molecule is CCOc1ccc(NC(=O)[C@@H](C)Sc2nnc(NC(=O)CCc3ccccc3)s2)cc1. The van der Waals surface area contributed by atoms with E-state index in [0.29, 0.717) is 34.6 Å². The van der Waals surface area contributed by atoms with Crippen molar-refractivity contribution >= 4 is 45.7 Å². The van der Waals surface area contributed by atoms with Crippen molar-refractivity contribution < 1.29 is 14.3 Å². The van der Waals surface area contributed by atoms with E-state index >= 15 is 0 Å². The zero-order valence-corrected chi connectivity index (χ0v) is 19.0. The fourth-order valence-corrected chi connectivity index (χ4v) is 4.55. The van der Waals surface area contributed by atoms with Crippen LogP contribution in [0.3, 0.4) is 0 Å². The number of nitrogens with zero attached hydrogens (tertiary/aromatic N) is 2. The lowest BCUT2D eigenvalue weighted by Crippen LogP contribution is -2.22. The topological polar surface area (TPSA) is 93.2 Å². The van der Waals surface area contributed by atoms with E-state index in [1.165, 1.54) is 23.1 Å². The molecule has 1 atom stereocenters. The molecule has 1 heterocycles. The third-order valence-electron chi connectivity index (χ3n) is 4.22. The van der Waals surface area contributed by atoms with Crippen LogP contribution in [0.2, 0.25) is 0 Å². The summed E-state index contributed by atoms with van der Waals surface area (Å²) < 4.78 is 6.02. The first-order valence-electron chi connectivity index (χ1n) is 9.91. The highest BCUT2D eigenvalue weighted by Gasteiger charge is 2.18. The van der Waals surface area contributed by atoms with Crippen LogP contribution >= 0.6 is 23.1 Å². The van der Waals surface area contributed by atoms with E-state index in [2.05, 4.69) is 20.8 Å². The second kappa shape index (κ2) is 11.5. The normalized spacial score (nSPS) is 11.5. The molecule has 162 valence electrons. The summed E-state index contributed by atoms with van der Waals surface area (Å²) in [6.45, 7) is 4.31. The van der Waals surface area contributed by atoms with Crippen LogP contribution in [0, 0.1) is 0 Å². The van der Waals surface area contributed by atoms with Gasteiger partial charge in [-0.2, -0.15) is 0 Å². The van der Waals surface area contributed by atoms with Crippen LogP contribution in [0.15, 0.2) is 58.9 Å². The molecule has 31 heavy (non-hydrogen) atoms. The van der Waals surface area contributed by atoms with Gasteiger partial charge in [-0.25, -0.2) is 0 Å². The molecular formula is C22H24N4O3S2. The molecule has 2 N–H and O–H groups in total. The van der Waals surface area contributed by atoms with Gasteiger partial charge in [-0.3, -0.25) is 9.59 Å². The smallest absolute Gasteiger partial charge is 0.237 e. The van der Waals surface area contributed by atoms with Gasteiger partial charge in [-0.1, -0.05) is 53.4 Å². The number of hydrogen-bond acceptors (Lipinski definition) is 7. The van der Waals surface area contributed by atoms with Crippen molar-refractivity contribution in [2.75, 3.05) is 17.2 Å². The summed E-state index contributed by atoms with van der Waals surface area (Å²) in [4.78, 5) is 24.6. The van der Waals surface area contributed by atoms with Crippen molar-refractivity contribution in [3.05, 3.63) is 60.2 Å². The zero-order valence-electron chi connectivity index (χ0n) is 17.3. The summed E-state index contributed by atoms with van der Waals surface area (Å²) in [6, 6.07) is 17.1. The average Bonchev–Trinajstić information content (AvgIpc) is 3.21. The number of hydrogen-bond donors (Lipinski definition) is 2. The summed E-state index contributed by atoms with van der Waals surface area (Å²) in [5.41, 5.74) is 1.81. The maximum absolute atomic E-state index is 12.5. The summed E-state index contributed by atoms with van der Waals surface area (Å²) in [5, 5.41) is 13.8. The van der Waals surface area contributed by atoms with Gasteiger partial charge in [-0.15, -0.1) is 10.2 Å². The Kier molecular flexibility index (Phi) is 8.43. The quantitative estimate of drug-likeness (QED) is 0.341. The molecular weight excluding hydrogens is 432 g/mol. The number of carbonyl (C=O) groups excluding carboxylic acids is 2. The average molecular weight is 457 g/mol. The lowest BCUT2D eigenvalue weighted by atomic mass is 10.1. The molecule has 0 saturated carbocycles. The Hall–Kier alpha value is -2.91. The highest BCUT2D eigenvalue weighted by molar-refractivity contribution is 8.02. The molecule has 0 bridgehead atoms. The molecule has 0 aliphatic carbocycles. The number of ether oxygens (including phenoxy) is 1. The van der Waals surface area contributed by atoms with E-state index in [1.807, 2.05) is 49.4 Å². The van der Waals surface area contributed by atoms with Crippen LogP contribution in [0.4, 0.5) is 10.8 Å². The molecule has 3 aromatic rings. The number of aromatic nitrogens is 2. The molecule has 0 spiro atoms. The van der Waals surface area contributed by atoms with Crippen LogP contribution in [0.25, 0.3) is 0 Å². The molecule has 7 nitrogen and oxygen atoms in total. The van der Waals surface area contributed by atoms with Crippen LogP contribution in [0.5, 0.6) is 5.75 Å². The highest BCUT2D eigenvalue weighted by atomic mass is 32.2. The predicted octanol–water partition coefficient (Wildman–Crippen LogP) is 4.63. The molecule has 2 amide bonds. The van der Waals surface area contributed by atoms with Crippen molar-refractivity contribution in [2.24, 2.45) is 0 Å². The van der Waals surface area contributed by atoms with E-state index < -0.39 is 0 Å². The summed E-state index contributed by atoms with van der Waals surface area (Å²) in [6.07, 6.45) is 1.03. The van der Waals surface area contributed by atoms with Crippen molar-refractivity contribution in [3.8, 4) is 5.75 Å². The minimum atomic E-state index is -0.374. The van der Waals surface area contributed by atoms with Crippen molar-refractivity contribution in [2.45, 2.75) is 36.3 Å². The number of aryl methyl sites for hydroxylation is 1. The second-order valence-electron chi connectivity index (χ2n) is 6.61. The van der Waals surface area contributed by atoms with Gasteiger partial charge in [0.1, 0.15) is 5.75 Å². The maximum atomic E-state index is 12.5. The van der Waals surface area contributed by atoms with Gasteiger partial charge in [0.15, 0.2) is 4.34 Å². The number of nitrogens with one attached hydrogen (secondary N) is 2.